The number of piperazine rings is 1. The van der Waals surface area contributed by atoms with E-state index in [9.17, 15) is 23.7 Å². The maximum absolute atomic E-state index is 13.0. The van der Waals surface area contributed by atoms with Crippen LogP contribution in [-0.4, -0.2) is 67.5 Å². The van der Waals surface area contributed by atoms with Crippen molar-refractivity contribution in [3.8, 4) is 23.3 Å². The molecule has 3 rings (SSSR count). The molecule has 0 atom stereocenters. The van der Waals surface area contributed by atoms with Crippen molar-refractivity contribution in [2.45, 2.75) is 9.92 Å². The number of carbonyl (C=O) groups excluding carboxylic acids is 1. The molecule has 0 unspecified atom stereocenters. The van der Waals surface area contributed by atoms with Gasteiger partial charge >= 0.3 is 0 Å². The summed E-state index contributed by atoms with van der Waals surface area (Å²) in [5.74, 6) is -0.805. The quantitative estimate of drug-likeness (QED) is 0.572. The van der Waals surface area contributed by atoms with Crippen molar-refractivity contribution in [1.82, 2.24) is 14.2 Å². The normalized spacial score (nSPS) is 15.1. The van der Waals surface area contributed by atoms with Crippen LogP contribution in [0.5, 0.6) is 0 Å². The van der Waals surface area contributed by atoms with E-state index in [1.807, 2.05) is 19.2 Å². The molecular weight excluding hydrogens is 450 g/mol. The highest BCUT2D eigenvalue weighted by Gasteiger charge is 2.28. The minimum atomic E-state index is -3.67. The summed E-state index contributed by atoms with van der Waals surface area (Å²) in [6.45, 7) is 2.10. The van der Waals surface area contributed by atoms with Gasteiger partial charge in [0, 0.05) is 31.7 Å². The van der Waals surface area contributed by atoms with Crippen LogP contribution in [0.2, 0.25) is 0 Å². The number of nitrogen functional groups attached to an aromatic ring is 1. The van der Waals surface area contributed by atoms with Gasteiger partial charge in [-0.05, 0) is 24.7 Å². The van der Waals surface area contributed by atoms with Crippen molar-refractivity contribution in [1.29, 1.82) is 10.5 Å². The van der Waals surface area contributed by atoms with Crippen LogP contribution < -0.4 is 11.5 Å². The highest BCUT2D eigenvalue weighted by Crippen LogP contribution is 2.36. The Kier molecular flexibility index (Phi) is 7.01. The number of rotatable bonds is 6. The number of pyridine rings is 1. The van der Waals surface area contributed by atoms with Crippen molar-refractivity contribution < 1.29 is 13.2 Å². The van der Waals surface area contributed by atoms with Gasteiger partial charge in [0.2, 0.25) is 15.9 Å². The molecule has 10 nitrogen and oxygen atoms in total. The minimum Gasteiger partial charge on any atom is -0.383 e. The molecule has 1 aromatic carbocycles. The summed E-state index contributed by atoms with van der Waals surface area (Å²) in [5, 5.41) is 19.5. The van der Waals surface area contributed by atoms with E-state index in [4.69, 9.17) is 11.5 Å². The average Bonchev–Trinajstić information content (AvgIpc) is 2.77. The third-order valence-corrected chi connectivity index (χ3v) is 7.92. The Morgan fingerprint density at radius 1 is 1.12 bits per heavy atom. The van der Waals surface area contributed by atoms with Gasteiger partial charge in [0.15, 0.2) is 0 Å². The molecule has 0 aliphatic carbocycles. The molecule has 0 spiro atoms. The molecular formula is C20H21N7O3S2. The van der Waals surface area contributed by atoms with E-state index < -0.39 is 15.9 Å². The number of sulfonamides is 1. The molecule has 1 aliphatic rings. The van der Waals surface area contributed by atoms with E-state index in [0.717, 1.165) is 11.8 Å². The van der Waals surface area contributed by atoms with Crippen molar-refractivity contribution in [2.75, 3.05) is 44.7 Å². The van der Waals surface area contributed by atoms with E-state index >= 15 is 0 Å². The predicted octanol–water partition coefficient (Wildman–Crippen LogP) is 0.588. The van der Waals surface area contributed by atoms with Crippen molar-refractivity contribution >= 4 is 33.5 Å². The number of nitrogens with two attached hydrogens (primary N) is 2. The molecule has 32 heavy (non-hydrogen) atoms. The fraction of sp³-hybridized carbons (Fsp3) is 0.300. The molecule has 0 bridgehead atoms. The molecule has 2 heterocycles. The Bertz CT molecular complexity index is 1220. The van der Waals surface area contributed by atoms with E-state index in [2.05, 4.69) is 9.88 Å². The number of amides is 1. The zero-order valence-corrected chi connectivity index (χ0v) is 18.9. The third kappa shape index (κ3) is 4.69. The monoisotopic (exact) mass is 471 g/mol. The Morgan fingerprint density at radius 3 is 2.25 bits per heavy atom. The third-order valence-electron chi connectivity index (χ3n) is 5.01. The van der Waals surface area contributed by atoms with Crippen molar-refractivity contribution in [3.63, 3.8) is 0 Å². The smallest absolute Gasteiger partial charge is 0.243 e. The van der Waals surface area contributed by atoms with Gasteiger partial charge in [0.25, 0.3) is 0 Å². The Morgan fingerprint density at radius 2 is 1.72 bits per heavy atom. The first-order chi connectivity index (χ1) is 15.2. The van der Waals surface area contributed by atoms with Gasteiger partial charge in [0.05, 0.1) is 16.2 Å². The summed E-state index contributed by atoms with van der Waals surface area (Å²) in [6.07, 6.45) is 0. The van der Waals surface area contributed by atoms with Crippen LogP contribution in [0.25, 0.3) is 11.1 Å². The lowest BCUT2D eigenvalue weighted by Crippen LogP contribution is -2.46. The molecule has 0 radical (unpaired) electrons. The molecule has 1 aliphatic heterocycles. The lowest BCUT2D eigenvalue weighted by atomic mass is 9.97. The first kappa shape index (κ1) is 23.5. The van der Waals surface area contributed by atoms with Crippen LogP contribution in [0, 0.1) is 22.7 Å². The summed E-state index contributed by atoms with van der Waals surface area (Å²) >= 11 is 0.944. The van der Waals surface area contributed by atoms with Crippen molar-refractivity contribution in [2.24, 2.45) is 5.73 Å². The zero-order valence-electron chi connectivity index (χ0n) is 17.3. The van der Waals surface area contributed by atoms with Gasteiger partial charge in [-0.15, -0.1) is 0 Å². The van der Waals surface area contributed by atoms with E-state index in [1.54, 1.807) is 0 Å². The number of nitriles is 2. The van der Waals surface area contributed by atoms with Gasteiger partial charge in [-0.2, -0.15) is 14.8 Å². The Hall–Kier alpha value is -3.16. The van der Waals surface area contributed by atoms with Crippen LogP contribution >= 0.6 is 11.8 Å². The maximum Gasteiger partial charge on any atom is 0.243 e. The van der Waals surface area contributed by atoms with Crippen LogP contribution in [0.4, 0.5) is 5.82 Å². The second-order valence-corrected chi connectivity index (χ2v) is 10.0. The minimum absolute atomic E-state index is 0.000324. The molecule has 1 aromatic heterocycles. The second-order valence-electron chi connectivity index (χ2n) is 7.14. The van der Waals surface area contributed by atoms with Gasteiger partial charge in [-0.1, -0.05) is 23.9 Å². The van der Waals surface area contributed by atoms with Crippen LogP contribution in [0.1, 0.15) is 11.1 Å². The zero-order chi connectivity index (χ0) is 23.5. The molecule has 1 fully saturated rings. The molecule has 2 aromatic rings. The number of thioether (sulfide) groups is 1. The summed E-state index contributed by atoms with van der Waals surface area (Å²) in [6, 6.07) is 9.92. The number of aromatic nitrogens is 1. The van der Waals surface area contributed by atoms with Gasteiger partial charge in [0.1, 0.15) is 28.5 Å². The number of nitrogens with zero attached hydrogens (tertiary/aromatic N) is 5. The highest BCUT2D eigenvalue weighted by atomic mass is 32.2. The van der Waals surface area contributed by atoms with Crippen LogP contribution in [-0.2, 0) is 14.8 Å². The largest absolute Gasteiger partial charge is 0.383 e. The van der Waals surface area contributed by atoms with Gasteiger partial charge < -0.3 is 16.4 Å². The lowest BCUT2D eigenvalue weighted by molar-refractivity contribution is -0.115. The van der Waals surface area contributed by atoms with Gasteiger partial charge in [-0.25, -0.2) is 13.4 Å². The number of primary amides is 1. The van der Waals surface area contributed by atoms with E-state index in [1.165, 1.54) is 28.6 Å². The second kappa shape index (κ2) is 9.54. The molecule has 1 amide bonds. The molecule has 4 N–H and O–H groups in total. The fourth-order valence-corrected chi connectivity index (χ4v) is 5.46. The predicted molar refractivity (Wildman–Crippen MR) is 120 cm³/mol. The number of benzene rings is 1. The number of hydrogen-bond donors (Lipinski definition) is 2. The molecule has 12 heteroatoms. The SMILES string of the molecule is CN1CCN(S(=O)(=O)c2ccc(-c3c(C#N)c(N)nc(SCC(N)=O)c3C#N)cc2)CC1. The summed E-state index contributed by atoms with van der Waals surface area (Å²) in [5.41, 5.74) is 11.8. The molecule has 166 valence electrons. The number of anilines is 1. The topological polar surface area (TPSA) is 170 Å². The Labute approximate surface area is 190 Å². The standard InChI is InChI=1S/C20H21N7O3S2/c1-26-6-8-27(9-7-26)32(29,30)14-4-2-13(3-5-14)18-15(10-21)19(24)25-20(16(18)11-22)31-12-17(23)28/h2-5H,6-9,12H2,1H3,(H2,23,28)(H2,24,25). The van der Waals surface area contributed by atoms with Gasteiger partial charge in [-0.3, -0.25) is 4.79 Å². The maximum atomic E-state index is 13.0. The molecule has 1 saturated heterocycles. The highest BCUT2D eigenvalue weighted by molar-refractivity contribution is 8.00. The summed E-state index contributed by atoms with van der Waals surface area (Å²) < 4.78 is 27.4. The lowest BCUT2D eigenvalue weighted by Gasteiger charge is -2.31. The first-order valence-corrected chi connectivity index (χ1v) is 12.0. The Balaban J connectivity index is 2.04. The van der Waals surface area contributed by atoms with Crippen molar-refractivity contribution in [3.05, 3.63) is 35.4 Å². The molecule has 0 saturated carbocycles. The fourth-order valence-electron chi connectivity index (χ4n) is 3.30. The number of likely N-dealkylation sites (N-methyl/N-ethyl adjacent to an activating group) is 1. The average molecular weight is 472 g/mol. The summed E-state index contributed by atoms with van der Waals surface area (Å²) in [4.78, 5) is 17.4. The summed E-state index contributed by atoms with van der Waals surface area (Å²) in [7, 11) is -1.73. The first-order valence-electron chi connectivity index (χ1n) is 9.53. The number of carbonyl (C=O) groups is 1. The van der Waals surface area contributed by atoms with E-state index in [-0.39, 0.29) is 38.2 Å². The van der Waals surface area contributed by atoms with Crippen LogP contribution in [0.15, 0.2) is 34.2 Å². The van der Waals surface area contributed by atoms with E-state index in [0.29, 0.717) is 31.7 Å². The number of hydrogen-bond acceptors (Lipinski definition) is 9. The van der Waals surface area contributed by atoms with Crippen LogP contribution in [0.3, 0.4) is 0 Å².